The topological polar surface area (TPSA) is 106 Å². The van der Waals surface area contributed by atoms with Crippen molar-refractivity contribution < 1.29 is 23.0 Å². The molecule has 0 radical (unpaired) electrons. The Morgan fingerprint density at radius 3 is 2.85 bits per heavy atom. The van der Waals surface area contributed by atoms with E-state index in [1.165, 1.54) is 36.0 Å². The van der Waals surface area contributed by atoms with E-state index >= 15 is 0 Å². The van der Waals surface area contributed by atoms with Crippen LogP contribution in [0.4, 0.5) is 26.1 Å². The van der Waals surface area contributed by atoms with E-state index in [0.717, 1.165) is 25.6 Å². The van der Waals surface area contributed by atoms with Gasteiger partial charge in [-0.2, -0.15) is 5.10 Å². The minimum atomic E-state index is -1.12. The quantitative estimate of drug-likeness (QED) is 0.257. The monoisotopic (exact) mass is 551 g/mol. The summed E-state index contributed by atoms with van der Waals surface area (Å²) in [5, 5.41) is 10.5. The van der Waals surface area contributed by atoms with Crippen LogP contribution in [0, 0.1) is 11.6 Å². The third-order valence-corrected chi connectivity index (χ3v) is 6.88. The summed E-state index contributed by atoms with van der Waals surface area (Å²) in [7, 11) is 1.58. The van der Waals surface area contributed by atoms with Crippen LogP contribution in [0.25, 0.3) is 10.9 Å². The molecular formula is C28H31F2N7O3. The molecule has 1 atom stereocenters. The predicted octanol–water partition coefficient (Wildman–Crippen LogP) is 4.75. The van der Waals surface area contributed by atoms with Gasteiger partial charge in [-0.25, -0.2) is 18.7 Å². The predicted molar refractivity (Wildman–Crippen MR) is 147 cm³/mol. The molecule has 40 heavy (non-hydrogen) atoms. The second-order valence-corrected chi connectivity index (χ2v) is 9.64. The minimum absolute atomic E-state index is 0.201. The van der Waals surface area contributed by atoms with Gasteiger partial charge in [-0.15, -0.1) is 0 Å². The Morgan fingerprint density at radius 1 is 1.18 bits per heavy atom. The number of hydrogen-bond acceptors (Lipinski definition) is 8. The SMILES string of the molecule is COc1cc2c(Nc3ccn(CC(=O)Nc4cccc(F)c4F)n3)ncnc2cc1OCCCN1CCC[C@H]1C. The van der Waals surface area contributed by atoms with Crippen LogP contribution in [0.2, 0.25) is 0 Å². The first-order valence-electron chi connectivity index (χ1n) is 13.1. The van der Waals surface area contributed by atoms with Crippen molar-refractivity contribution in [1.82, 2.24) is 24.6 Å². The van der Waals surface area contributed by atoms with E-state index in [0.29, 0.717) is 46.7 Å². The Morgan fingerprint density at radius 2 is 2.05 bits per heavy atom. The van der Waals surface area contributed by atoms with Gasteiger partial charge in [0, 0.05) is 36.3 Å². The lowest BCUT2D eigenvalue weighted by atomic mass is 10.2. The maximum absolute atomic E-state index is 13.8. The summed E-state index contributed by atoms with van der Waals surface area (Å²) in [6.45, 7) is 4.78. The number of anilines is 3. The van der Waals surface area contributed by atoms with Crippen molar-refractivity contribution in [2.45, 2.75) is 38.8 Å². The lowest BCUT2D eigenvalue weighted by Crippen LogP contribution is -2.28. The summed E-state index contributed by atoms with van der Waals surface area (Å²) in [5.41, 5.74) is 0.429. The Bertz CT molecular complexity index is 1500. The summed E-state index contributed by atoms with van der Waals surface area (Å²) in [5.74, 6) is -0.614. The van der Waals surface area contributed by atoms with Gasteiger partial charge in [0.1, 0.15) is 18.7 Å². The summed E-state index contributed by atoms with van der Waals surface area (Å²) in [6, 6.07) is 9.52. The molecule has 0 unspecified atom stereocenters. The Balaban J connectivity index is 1.23. The maximum atomic E-state index is 13.8. The van der Waals surface area contributed by atoms with Gasteiger partial charge < -0.3 is 25.0 Å². The Labute approximate surface area is 230 Å². The van der Waals surface area contributed by atoms with Crippen LogP contribution in [-0.4, -0.2) is 63.4 Å². The van der Waals surface area contributed by atoms with Crippen LogP contribution >= 0.6 is 0 Å². The van der Waals surface area contributed by atoms with Crippen molar-refractivity contribution in [3.63, 3.8) is 0 Å². The Hall–Kier alpha value is -4.32. The average molecular weight is 552 g/mol. The molecule has 0 saturated carbocycles. The number of carbonyl (C=O) groups is 1. The van der Waals surface area contributed by atoms with Gasteiger partial charge in [0.15, 0.2) is 29.0 Å². The third-order valence-electron chi connectivity index (χ3n) is 6.88. The van der Waals surface area contributed by atoms with Gasteiger partial charge in [0.05, 0.1) is 24.9 Å². The first kappa shape index (κ1) is 27.3. The third kappa shape index (κ3) is 6.28. The van der Waals surface area contributed by atoms with Gasteiger partial charge in [0.2, 0.25) is 5.91 Å². The molecule has 4 aromatic rings. The second-order valence-electron chi connectivity index (χ2n) is 9.64. The highest BCUT2D eigenvalue weighted by Crippen LogP contribution is 2.34. The first-order chi connectivity index (χ1) is 19.4. The number of aromatic nitrogens is 4. The molecule has 0 spiro atoms. The molecule has 10 nitrogen and oxygen atoms in total. The Kier molecular flexibility index (Phi) is 8.34. The normalized spacial score (nSPS) is 15.3. The van der Waals surface area contributed by atoms with Crippen molar-refractivity contribution in [1.29, 1.82) is 0 Å². The number of likely N-dealkylation sites (tertiary alicyclic amines) is 1. The van der Waals surface area contributed by atoms with Crippen LogP contribution in [-0.2, 0) is 11.3 Å². The highest BCUT2D eigenvalue weighted by molar-refractivity contribution is 5.93. The van der Waals surface area contributed by atoms with Gasteiger partial charge in [-0.1, -0.05) is 6.07 Å². The highest BCUT2D eigenvalue weighted by Gasteiger charge is 2.19. The number of methoxy groups -OCH3 is 1. The molecule has 1 fully saturated rings. The molecule has 5 rings (SSSR count). The lowest BCUT2D eigenvalue weighted by molar-refractivity contribution is -0.116. The number of rotatable bonds is 11. The van der Waals surface area contributed by atoms with E-state index in [-0.39, 0.29) is 12.2 Å². The van der Waals surface area contributed by atoms with Crippen LogP contribution in [0.3, 0.4) is 0 Å². The van der Waals surface area contributed by atoms with E-state index in [2.05, 4.69) is 37.5 Å². The zero-order valence-corrected chi connectivity index (χ0v) is 22.4. The molecule has 1 aliphatic heterocycles. The average Bonchev–Trinajstić information content (AvgIpc) is 3.56. The van der Waals surface area contributed by atoms with Crippen molar-refractivity contribution >= 4 is 34.1 Å². The fourth-order valence-electron chi connectivity index (χ4n) is 4.79. The van der Waals surface area contributed by atoms with Gasteiger partial charge in [0.25, 0.3) is 0 Å². The summed E-state index contributed by atoms with van der Waals surface area (Å²) < 4.78 is 40.3. The van der Waals surface area contributed by atoms with E-state index in [4.69, 9.17) is 9.47 Å². The van der Waals surface area contributed by atoms with Crippen molar-refractivity contribution in [2.75, 3.05) is 37.4 Å². The number of carbonyl (C=O) groups excluding carboxylic acids is 1. The molecular weight excluding hydrogens is 520 g/mol. The van der Waals surface area contributed by atoms with Gasteiger partial charge in [-0.05, 0) is 50.9 Å². The molecule has 1 amide bonds. The number of fused-ring (bicyclic) bond motifs is 1. The summed E-state index contributed by atoms with van der Waals surface area (Å²) in [6.07, 6.45) is 6.45. The molecule has 3 heterocycles. The number of benzene rings is 2. The molecule has 1 aliphatic rings. The van der Waals surface area contributed by atoms with Gasteiger partial charge >= 0.3 is 0 Å². The van der Waals surface area contributed by atoms with E-state index in [9.17, 15) is 13.6 Å². The van der Waals surface area contributed by atoms with Crippen LogP contribution < -0.4 is 20.1 Å². The van der Waals surface area contributed by atoms with Gasteiger partial charge in [-0.3, -0.25) is 9.48 Å². The van der Waals surface area contributed by atoms with Crippen molar-refractivity contribution in [3.8, 4) is 11.5 Å². The lowest BCUT2D eigenvalue weighted by Gasteiger charge is -2.21. The van der Waals surface area contributed by atoms with Crippen LogP contribution in [0.5, 0.6) is 11.5 Å². The first-order valence-corrected chi connectivity index (χ1v) is 13.1. The molecule has 210 valence electrons. The molecule has 1 saturated heterocycles. The second kappa shape index (κ2) is 12.2. The fraction of sp³-hybridized carbons (Fsp3) is 0.357. The zero-order valence-electron chi connectivity index (χ0n) is 22.4. The molecule has 2 aromatic heterocycles. The van der Waals surface area contributed by atoms with Crippen LogP contribution in [0.15, 0.2) is 48.9 Å². The smallest absolute Gasteiger partial charge is 0.246 e. The number of halogens is 2. The fourth-order valence-corrected chi connectivity index (χ4v) is 4.79. The summed E-state index contributed by atoms with van der Waals surface area (Å²) >= 11 is 0. The largest absolute Gasteiger partial charge is 0.493 e. The molecule has 2 aromatic carbocycles. The number of nitrogens with one attached hydrogen (secondary N) is 2. The number of hydrogen-bond donors (Lipinski definition) is 2. The zero-order chi connectivity index (χ0) is 28.1. The maximum Gasteiger partial charge on any atom is 0.246 e. The van der Waals surface area contributed by atoms with Crippen molar-refractivity contribution in [2.24, 2.45) is 0 Å². The highest BCUT2D eigenvalue weighted by atomic mass is 19.2. The standard InChI is InChI=1S/C28H31F2N7O3/c1-18-6-4-10-36(18)11-5-13-40-24-15-22-19(14-23(24)39-2)28(32-17-31-22)34-25-9-12-37(35-25)16-26(38)33-21-8-3-7-20(29)27(21)30/h3,7-9,12,14-15,17-18H,4-6,10-11,13,16H2,1-2H3,(H,33,38)(H,31,32,34,35)/t18-/m1/s1. The molecule has 12 heteroatoms. The number of nitrogens with zero attached hydrogens (tertiary/aromatic N) is 5. The molecule has 2 N–H and O–H groups in total. The molecule has 0 aliphatic carbocycles. The number of ether oxygens (including phenoxy) is 2. The van der Waals surface area contributed by atoms with E-state index in [1.54, 1.807) is 19.4 Å². The van der Waals surface area contributed by atoms with E-state index < -0.39 is 17.5 Å². The minimum Gasteiger partial charge on any atom is -0.493 e. The summed E-state index contributed by atoms with van der Waals surface area (Å²) in [4.78, 5) is 23.6. The number of amides is 1. The van der Waals surface area contributed by atoms with E-state index in [1.807, 2.05) is 12.1 Å². The van der Waals surface area contributed by atoms with Crippen molar-refractivity contribution in [3.05, 3.63) is 60.6 Å². The molecule has 0 bridgehead atoms. The van der Waals surface area contributed by atoms with Crippen LogP contribution in [0.1, 0.15) is 26.2 Å².